The average molecular weight is 476 g/mol. The van der Waals surface area contributed by atoms with Gasteiger partial charge in [-0.15, -0.1) is 0 Å². The summed E-state index contributed by atoms with van der Waals surface area (Å²) in [5.74, 6) is 0.940. The van der Waals surface area contributed by atoms with Gasteiger partial charge in [0.15, 0.2) is 11.5 Å². The lowest BCUT2D eigenvalue weighted by Gasteiger charge is -2.23. The number of nitrogens with one attached hydrogen (secondary N) is 4. The van der Waals surface area contributed by atoms with E-state index in [-0.39, 0.29) is 11.9 Å². The van der Waals surface area contributed by atoms with E-state index >= 15 is 0 Å². The highest BCUT2D eigenvalue weighted by atomic mass is 16.1. The van der Waals surface area contributed by atoms with Crippen molar-refractivity contribution < 1.29 is 4.79 Å². The van der Waals surface area contributed by atoms with E-state index in [2.05, 4.69) is 51.2 Å². The van der Waals surface area contributed by atoms with Gasteiger partial charge in [-0.1, -0.05) is 0 Å². The molecule has 1 unspecified atom stereocenters. The number of dihydropyridines is 1. The molecule has 12 heteroatoms. The molecule has 0 aliphatic carbocycles. The Labute approximate surface area is 202 Å². The van der Waals surface area contributed by atoms with Crippen LogP contribution in [0.25, 0.3) is 11.0 Å². The Bertz CT molecular complexity index is 1260. The van der Waals surface area contributed by atoms with Crippen molar-refractivity contribution in [2.45, 2.75) is 25.8 Å². The van der Waals surface area contributed by atoms with Crippen LogP contribution in [0.5, 0.6) is 0 Å². The van der Waals surface area contributed by atoms with Gasteiger partial charge in [0.1, 0.15) is 6.33 Å². The third-order valence-corrected chi connectivity index (χ3v) is 6.10. The Morgan fingerprint density at radius 3 is 2.77 bits per heavy atom. The molecular weight excluding hydrogens is 446 g/mol. The Hall–Kier alpha value is -4.06. The van der Waals surface area contributed by atoms with Crippen molar-refractivity contribution >= 4 is 34.4 Å². The molecule has 4 N–H and O–H groups in total. The molecule has 1 fully saturated rings. The third kappa shape index (κ3) is 5.22. The lowest BCUT2D eigenvalue weighted by Crippen LogP contribution is -2.37. The molecule has 0 radical (unpaired) electrons. The zero-order valence-electron chi connectivity index (χ0n) is 19.8. The summed E-state index contributed by atoms with van der Waals surface area (Å²) in [6, 6.07) is -0.0202. The van der Waals surface area contributed by atoms with Crippen molar-refractivity contribution in [2.24, 2.45) is 7.05 Å². The first-order valence-electron chi connectivity index (χ1n) is 11.7. The Kier molecular flexibility index (Phi) is 6.53. The minimum absolute atomic E-state index is 0.0202. The molecule has 182 valence electrons. The summed E-state index contributed by atoms with van der Waals surface area (Å²) in [7, 11) is 1.83. The molecule has 1 saturated heterocycles. The summed E-state index contributed by atoms with van der Waals surface area (Å²) in [6.07, 6.45) is 12.6. The van der Waals surface area contributed by atoms with Gasteiger partial charge in [-0.2, -0.15) is 10.1 Å². The van der Waals surface area contributed by atoms with Gasteiger partial charge >= 0.3 is 0 Å². The number of hydrogen-bond donors (Lipinski definition) is 4. The van der Waals surface area contributed by atoms with Crippen LogP contribution in [-0.2, 0) is 11.8 Å². The summed E-state index contributed by atoms with van der Waals surface area (Å²) < 4.78 is 1.69. The van der Waals surface area contributed by atoms with Crippen LogP contribution in [-0.4, -0.2) is 72.7 Å². The maximum atomic E-state index is 12.7. The second-order valence-electron chi connectivity index (χ2n) is 8.67. The maximum Gasteiger partial charge on any atom is 0.252 e. The van der Waals surface area contributed by atoms with Crippen LogP contribution in [0.2, 0.25) is 0 Å². The Morgan fingerprint density at radius 1 is 1.17 bits per heavy atom. The van der Waals surface area contributed by atoms with Crippen molar-refractivity contribution in [3.63, 3.8) is 0 Å². The molecule has 0 saturated carbocycles. The molecule has 0 aromatic carbocycles. The van der Waals surface area contributed by atoms with Gasteiger partial charge < -0.3 is 26.2 Å². The fraction of sp³-hybridized carbons (Fsp3) is 0.391. The predicted octanol–water partition coefficient (Wildman–Crippen LogP) is 1.28. The van der Waals surface area contributed by atoms with Crippen molar-refractivity contribution in [1.82, 2.24) is 45.2 Å². The van der Waals surface area contributed by atoms with Gasteiger partial charge in [0.2, 0.25) is 5.95 Å². The highest BCUT2D eigenvalue weighted by Gasteiger charge is 2.20. The number of carbonyl (C=O) groups is 1. The quantitative estimate of drug-likeness (QED) is 0.377. The lowest BCUT2D eigenvalue weighted by atomic mass is 10.1. The van der Waals surface area contributed by atoms with Crippen LogP contribution in [0.3, 0.4) is 0 Å². The van der Waals surface area contributed by atoms with Crippen molar-refractivity contribution in [1.29, 1.82) is 0 Å². The molecular formula is C23H29N11O. The number of likely N-dealkylation sites (tertiary alicyclic amines) is 1. The zero-order valence-corrected chi connectivity index (χ0v) is 19.8. The number of fused-ring (bicyclic) bond motifs is 1. The van der Waals surface area contributed by atoms with Gasteiger partial charge in [-0.3, -0.25) is 4.79 Å². The van der Waals surface area contributed by atoms with Crippen molar-refractivity contribution in [3.8, 4) is 0 Å². The topological polar surface area (TPSA) is 138 Å². The standard InChI is InChI=1S/C23H29N11O/c1-15-19(9-16(10-27-15)22(35)26-5-8-34-6-3-4-7-34)30-20-18-13-28-23(31-21(18)33(2)32-20)29-17-11-24-14-25-12-17/h9-15,27H,3-8H2,1-2H3,(H,26,35)(H,30,32)(H,28,29,31). The zero-order chi connectivity index (χ0) is 24.2. The molecule has 3 aromatic rings. The third-order valence-electron chi connectivity index (χ3n) is 6.10. The number of carbonyl (C=O) groups excluding carboxylic acids is 1. The minimum Gasteiger partial charge on any atom is -0.382 e. The van der Waals surface area contributed by atoms with Crippen molar-refractivity contribution in [3.05, 3.63) is 48.5 Å². The van der Waals surface area contributed by atoms with E-state index in [1.54, 1.807) is 29.5 Å². The molecule has 35 heavy (non-hydrogen) atoms. The van der Waals surface area contributed by atoms with E-state index in [4.69, 9.17) is 0 Å². The van der Waals surface area contributed by atoms with E-state index in [0.717, 1.165) is 30.7 Å². The number of nitrogens with zero attached hydrogens (tertiary/aromatic N) is 7. The fourth-order valence-electron chi connectivity index (χ4n) is 4.17. The normalized spacial score (nSPS) is 18.1. The Balaban J connectivity index is 1.28. The van der Waals surface area contributed by atoms with Crippen molar-refractivity contribution in [2.75, 3.05) is 36.8 Å². The fourth-order valence-corrected chi connectivity index (χ4v) is 4.17. The van der Waals surface area contributed by atoms with Crippen LogP contribution in [0, 0.1) is 0 Å². The smallest absolute Gasteiger partial charge is 0.252 e. The second-order valence-corrected chi connectivity index (χ2v) is 8.67. The summed E-state index contributed by atoms with van der Waals surface area (Å²) >= 11 is 0. The van der Waals surface area contributed by atoms with Crippen LogP contribution < -0.4 is 21.3 Å². The lowest BCUT2D eigenvalue weighted by molar-refractivity contribution is -0.117. The monoisotopic (exact) mass is 475 g/mol. The van der Waals surface area contributed by atoms with Crippen LogP contribution >= 0.6 is 0 Å². The van der Waals surface area contributed by atoms with E-state index < -0.39 is 0 Å². The van der Waals surface area contributed by atoms with Gasteiger partial charge in [0.25, 0.3) is 5.91 Å². The summed E-state index contributed by atoms with van der Waals surface area (Å²) in [4.78, 5) is 32.1. The molecule has 1 atom stereocenters. The summed E-state index contributed by atoms with van der Waals surface area (Å²) in [5.41, 5.74) is 2.76. The van der Waals surface area contributed by atoms with Gasteiger partial charge in [-0.05, 0) is 38.9 Å². The van der Waals surface area contributed by atoms with Gasteiger partial charge in [0.05, 0.1) is 35.1 Å². The summed E-state index contributed by atoms with van der Waals surface area (Å²) in [6.45, 7) is 5.77. The number of aryl methyl sites for hydroxylation is 1. The largest absolute Gasteiger partial charge is 0.382 e. The molecule has 12 nitrogen and oxygen atoms in total. The number of rotatable bonds is 8. The second kappa shape index (κ2) is 10.1. The SMILES string of the molecule is CC1NC=C(C(=O)NCCN2CCCC2)C=C1Nc1nn(C)c2nc(Nc3cncnc3)ncc12. The molecule has 0 spiro atoms. The molecule has 3 aromatic heterocycles. The molecule has 2 aliphatic heterocycles. The van der Waals surface area contributed by atoms with E-state index in [9.17, 15) is 4.79 Å². The number of hydrogen-bond acceptors (Lipinski definition) is 10. The molecule has 0 bridgehead atoms. The molecule has 1 amide bonds. The highest BCUT2D eigenvalue weighted by molar-refractivity contribution is 5.97. The first-order chi connectivity index (χ1) is 17.1. The highest BCUT2D eigenvalue weighted by Crippen LogP contribution is 2.25. The number of amides is 1. The first kappa shape index (κ1) is 22.7. The molecule has 5 rings (SSSR count). The summed E-state index contributed by atoms with van der Waals surface area (Å²) in [5, 5.41) is 18.1. The number of aromatic nitrogens is 6. The average Bonchev–Trinajstić information content (AvgIpc) is 3.49. The van der Waals surface area contributed by atoms with Gasteiger partial charge in [-0.25, -0.2) is 19.6 Å². The van der Waals surface area contributed by atoms with E-state index in [1.165, 1.54) is 19.2 Å². The maximum absolute atomic E-state index is 12.7. The first-order valence-corrected chi connectivity index (χ1v) is 11.7. The van der Waals surface area contributed by atoms with Crippen LogP contribution in [0.15, 0.2) is 48.5 Å². The molecule has 5 heterocycles. The molecule has 2 aliphatic rings. The van der Waals surface area contributed by atoms with E-state index in [1.807, 2.05) is 20.0 Å². The Morgan fingerprint density at radius 2 is 1.97 bits per heavy atom. The number of anilines is 3. The van der Waals surface area contributed by atoms with Crippen LogP contribution in [0.1, 0.15) is 19.8 Å². The van der Waals surface area contributed by atoms with Crippen LogP contribution in [0.4, 0.5) is 17.5 Å². The minimum atomic E-state index is -0.0993. The van der Waals surface area contributed by atoms with E-state index in [0.29, 0.717) is 35.2 Å². The van der Waals surface area contributed by atoms with Gasteiger partial charge in [0, 0.05) is 38.2 Å². The predicted molar refractivity (Wildman–Crippen MR) is 133 cm³/mol.